The van der Waals surface area contributed by atoms with Gasteiger partial charge in [0.2, 0.25) is 0 Å². The van der Waals surface area contributed by atoms with Crippen molar-refractivity contribution in [3.8, 4) is 0 Å². The van der Waals surface area contributed by atoms with Crippen molar-refractivity contribution in [2.75, 3.05) is 20.3 Å². The first-order valence-corrected chi connectivity index (χ1v) is 7.51. The van der Waals surface area contributed by atoms with Crippen LogP contribution in [0.2, 0.25) is 0 Å². The van der Waals surface area contributed by atoms with Gasteiger partial charge >= 0.3 is 5.97 Å². The Morgan fingerprint density at radius 1 is 1.47 bits per heavy atom. The number of carbonyl (C=O) groups is 1. The molecule has 0 radical (unpaired) electrons. The number of carbonyl (C=O) groups excluding carboxylic acids is 1. The third-order valence-electron chi connectivity index (χ3n) is 3.89. The van der Waals surface area contributed by atoms with Gasteiger partial charge in [-0.1, -0.05) is 13.8 Å². The Balaban J connectivity index is 2.36. The maximum absolute atomic E-state index is 12.0. The molecule has 2 atom stereocenters. The average molecular weight is 271 g/mol. The third-order valence-corrected chi connectivity index (χ3v) is 3.89. The first kappa shape index (κ1) is 16.4. The Labute approximate surface area is 117 Å². The Bertz CT molecular complexity index is 281. The van der Waals surface area contributed by atoms with E-state index in [0.29, 0.717) is 6.61 Å². The van der Waals surface area contributed by atoms with Crippen molar-refractivity contribution in [2.45, 2.75) is 64.5 Å². The Morgan fingerprint density at radius 2 is 2.21 bits per heavy atom. The molecule has 2 unspecified atom stereocenters. The molecule has 4 nitrogen and oxygen atoms in total. The number of nitrogens with one attached hydrogen (secondary N) is 1. The van der Waals surface area contributed by atoms with Crippen molar-refractivity contribution in [1.29, 1.82) is 0 Å². The second kappa shape index (κ2) is 7.85. The molecule has 0 amide bonds. The van der Waals surface area contributed by atoms with E-state index in [0.717, 1.165) is 38.2 Å². The summed E-state index contributed by atoms with van der Waals surface area (Å²) in [5, 5.41) is 3.15. The molecule has 1 fully saturated rings. The predicted octanol–water partition coefficient (Wildman–Crippen LogP) is 2.51. The molecular formula is C15H29NO3. The number of ether oxygens (including phenoxy) is 2. The largest absolute Gasteiger partial charge is 0.465 e. The Hall–Kier alpha value is -0.610. The number of hydrogen-bond acceptors (Lipinski definition) is 4. The number of hydrogen-bond donors (Lipinski definition) is 1. The third kappa shape index (κ3) is 4.77. The van der Waals surface area contributed by atoms with Gasteiger partial charge < -0.3 is 14.8 Å². The summed E-state index contributed by atoms with van der Waals surface area (Å²) in [5.74, 6) is 0.592. The van der Waals surface area contributed by atoms with Crippen LogP contribution in [0.4, 0.5) is 0 Å². The molecule has 1 aliphatic carbocycles. The SMILES string of the molecule is CCOC(=O)C1(NC)CCC(OCCCC(C)C)C1. The minimum absolute atomic E-state index is 0.134. The summed E-state index contributed by atoms with van der Waals surface area (Å²) in [6.45, 7) is 7.52. The molecule has 1 aliphatic rings. The molecule has 0 aromatic carbocycles. The molecule has 19 heavy (non-hydrogen) atoms. The fraction of sp³-hybridized carbons (Fsp3) is 0.933. The summed E-state index contributed by atoms with van der Waals surface area (Å²) >= 11 is 0. The van der Waals surface area contributed by atoms with E-state index < -0.39 is 5.54 Å². The van der Waals surface area contributed by atoms with Crippen molar-refractivity contribution in [3.05, 3.63) is 0 Å². The van der Waals surface area contributed by atoms with Crippen LogP contribution < -0.4 is 5.32 Å². The number of likely N-dealkylation sites (N-methyl/N-ethyl adjacent to an activating group) is 1. The van der Waals surface area contributed by atoms with E-state index in [1.54, 1.807) is 0 Å². The Kier molecular flexibility index (Phi) is 6.80. The molecule has 0 aromatic rings. The van der Waals surface area contributed by atoms with E-state index in [1.807, 2.05) is 14.0 Å². The quantitative estimate of drug-likeness (QED) is 0.544. The van der Waals surface area contributed by atoms with Crippen molar-refractivity contribution in [1.82, 2.24) is 5.32 Å². The monoisotopic (exact) mass is 271 g/mol. The average Bonchev–Trinajstić information content (AvgIpc) is 2.80. The first-order valence-electron chi connectivity index (χ1n) is 7.51. The van der Waals surface area contributed by atoms with Crippen LogP contribution in [-0.2, 0) is 14.3 Å². The van der Waals surface area contributed by atoms with Gasteiger partial charge in [-0.05, 0) is 45.6 Å². The molecule has 0 saturated heterocycles. The zero-order chi connectivity index (χ0) is 14.3. The number of esters is 1. The van der Waals surface area contributed by atoms with Crippen LogP contribution in [0.3, 0.4) is 0 Å². The van der Waals surface area contributed by atoms with E-state index in [4.69, 9.17) is 9.47 Å². The van der Waals surface area contributed by atoms with Gasteiger partial charge in [-0.15, -0.1) is 0 Å². The van der Waals surface area contributed by atoms with E-state index in [-0.39, 0.29) is 12.1 Å². The van der Waals surface area contributed by atoms with Gasteiger partial charge in [-0.25, -0.2) is 0 Å². The van der Waals surface area contributed by atoms with Gasteiger partial charge in [0.15, 0.2) is 0 Å². The van der Waals surface area contributed by atoms with Crippen molar-refractivity contribution in [2.24, 2.45) is 5.92 Å². The van der Waals surface area contributed by atoms with Crippen molar-refractivity contribution >= 4 is 5.97 Å². The van der Waals surface area contributed by atoms with Crippen LogP contribution in [0.15, 0.2) is 0 Å². The lowest BCUT2D eigenvalue weighted by molar-refractivity contribution is -0.151. The molecule has 0 aromatic heterocycles. The molecule has 0 heterocycles. The lowest BCUT2D eigenvalue weighted by atomic mass is 9.98. The van der Waals surface area contributed by atoms with Crippen molar-refractivity contribution < 1.29 is 14.3 Å². The maximum Gasteiger partial charge on any atom is 0.326 e. The van der Waals surface area contributed by atoms with Gasteiger partial charge in [-0.2, -0.15) is 0 Å². The minimum Gasteiger partial charge on any atom is -0.465 e. The summed E-state index contributed by atoms with van der Waals surface area (Å²) in [6, 6.07) is 0. The summed E-state index contributed by atoms with van der Waals surface area (Å²) in [7, 11) is 1.83. The molecule has 1 saturated carbocycles. The van der Waals surface area contributed by atoms with E-state index in [1.165, 1.54) is 6.42 Å². The summed E-state index contributed by atoms with van der Waals surface area (Å²) in [4.78, 5) is 12.0. The molecule has 1 rings (SSSR count). The Morgan fingerprint density at radius 3 is 2.79 bits per heavy atom. The maximum atomic E-state index is 12.0. The molecule has 1 N–H and O–H groups in total. The summed E-state index contributed by atoms with van der Waals surface area (Å²) < 4.78 is 11.1. The fourth-order valence-corrected chi connectivity index (χ4v) is 2.67. The molecule has 112 valence electrons. The molecule has 4 heteroatoms. The van der Waals surface area contributed by atoms with Crippen LogP contribution in [0, 0.1) is 5.92 Å². The van der Waals surface area contributed by atoms with Gasteiger partial charge in [0.05, 0.1) is 12.7 Å². The molecule has 0 bridgehead atoms. The fourth-order valence-electron chi connectivity index (χ4n) is 2.67. The lowest BCUT2D eigenvalue weighted by Gasteiger charge is -2.26. The van der Waals surface area contributed by atoms with Gasteiger partial charge in [-0.3, -0.25) is 4.79 Å². The second-order valence-electron chi connectivity index (χ2n) is 5.82. The standard InChI is InChI=1S/C15H29NO3/c1-5-18-14(17)15(16-4)9-8-13(11-15)19-10-6-7-12(2)3/h12-13,16H,5-11H2,1-4H3. The van der Waals surface area contributed by atoms with Crippen LogP contribution in [0.5, 0.6) is 0 Å². The van der Waals surface area contributed by atoms with Crippen LogP contribution >= 0.6 is 0 Å². The van der Waals surface area contributed by atoms with Gasteiger partial charge in [0.1, 0.15) is 5.54 Å². The zero-order valence-electron chi connectivity index (χ0n) is 12.8. The van der Waals surface area contributed by atoms with Crippen LogP contribution in [-0.4, -0.2) is 37.9 Å². The van der Waals surface area contributed by atoms with Crippen molar-refractivity contribution in [3.63, 3.8) is 0 Å². The number of rotatable bonds is 8. The van der Waals surface area contributed by atoms with Crippen LogP contribution in [0.25, 0.3) is 0 Å². The summed E-state index contributed by atoms with van der Waals surface area (Å²) in [5.41, 5.74) is -0.529. The van der Waals surface area contributed by atoms with E-state index >= 15 is 0 Å². The highest BCUT2D eigenvalue weighted by molar-refractivity contribution is 5.81. The summed E-state index contributed by atoms with van der Waals surface area (Å²) in [6.07, 6.45) is 4.94. The highest BCUT2D eigenvalue weighted by atomic mass is 16.5. The first-order chi connectivity index (χ1) is 9.04. The molecule has 0 aliphatic heterocycles. The van der Waals surface area contributed by atoms with Gasteiger partial charge in [0, 0.05) is 13.0 Å². The second-order valence-corrected chi connectivity index (χ2v) is 5.82. The smallest absolute Gasteiger partial charge is 0.326 e. The zero-order valence-corrected chi connectivity index (χ0v) is 12.8. The minimum atomic E-state index is -0.529. The van der Waals surface area contributed by atoms with E-state index in [2.05, 4.69) is 19.2 Å². The lowest BCUT2D eigenvalue weighted by Crippen LogP contribution is -2.49. The van der Waals surface area contributed by atoms with E-state index in [9.17, 15) is 4.79 Å². The highest BCUT2D eigenvalue weighted by Gasteiger charge is 2.45. The van der Waals surface area contributed by atoms with Crippen LogP contribution in [0.1, 0.15) is 52.9 Å². The van der Waals surface area contributed by atoms with Gasteiger partial charge in [0.25, 0.3) is 0 Å². The molecule has 0 spiro atoms. The highest BCUT2D eigenvalue weighted by Crippen LogP contribution is 2.33. The topological polar surface area (TPSA) is 47.6 Å². The predicted molar refractivity (Wildman–Crippen MR) is 76.1 cm³/mol. The molecular weight excluding hydrogens is 242 g/mol. The normalized spacial score (nSPS) is 26.9.